The van der Waals surface area contributed by atoms with Crippen LogP contribution in [0.15, 0.2) is 42.9 Å². The summed E-state index contributed by atoms with van der Waals surface area (Å²) >= 11 is 6.01. The molecule has 2 aliphatic rings. The fourth-order valence-corrected chi connectivity index (χ4v) is 3.46. The van der Waals surface area contributed by atoms with Gasteiger partial charge in [0.05, 0.1) is 23.0 Å². The van der Waals surface area contributed by atoms with Gasteiger partial charge >= 0.3 is 0 Å². The van der Waals surface area contributed by atoms with Gasteiger partial charge in [-0.25, -0.2) is 14.4 Å². The Morgan fingerprint density at radius 1 is 1.30 bits per heavy atom. The van der Waals surface area contributed by atoms with Crippen LogP contribution >= 0.6 is 11.6 Å². The Morgan fingerprint density at radius 3 is 3.00 bits per heavy atom. The van der Waals surface area contributed by atoms with Crippen molar-refractivity contribution in [2.75, 3.05) is 18.2 Å². The van der Waals surface area contributed by atoms with Gasteiger partial charge in [0.1, 0.15) is 5.82 Å². The molecule has 30 heavy (non-hydrogen) atoms. The van der Waals surface area contributed by atoms with Gasteiger partial charge in [0, 0.05) is 24.0 Å². The van der Waals surface area contributed by atoms with Gasteiger partial charge in [-0.05, 0) is 43.0 Å². The number of nitrogens with one attached hydrogen (secondary N) is 1. The molecule has 0 unspecified atom stereocenters. The van der Waals surface area contributed by atoms with Crippen molar-refractivity contribution in [2.45, 2.75) is 12.8 Å². The second kappa shape index (κ2) is 7.53. The maximum atomic E-state index is 14.3. The number of amides is 1. The summed E-state index contributed by atoms with van der Waals surface area (Å²) in [5.41, 5.74) is 1.21. The van der Waals surface area contributed by atoms with Gasteiger partial charge in [-0.3, -0.25) is 14.7 Å². The summed E-state index contributed by atoms with van der Waals surface area (Å²) in [5.74, 6) is 0.956. The fraction of sp³-hybridized carbons (Fsp3) is 0.238. The first-order valence-corrected chi connectivity index (χ1v) is 9.93. The molecule has 1 aliphatic heterocycles. The van der Waals surface area contributed by atoms with Crippen LogP contribution in [-0.2, 0) is 0 Å². The van der Waals surface area contributed by atoms with Crippen molar-refractivity contribution in [2.24, 2.45) is 5.92 Å². The van der Waals surface area contributed by atoms with Gasteiger partial charge in [0.2, 0.25) is 0 Å². The molecule has 0 saturated heterocycles. The second-order valence-electron chi connectivity index (χ2n) is 7.25. The van der Waals surface area contributed by atoms with E-state index in [1.165, 1.54) is 30.6 Å². The number of carbonyl (C=O) groups is 1. The van der Waals surface area contributed by atoms with Crippen LogP contribution in [0.1, 0.15) is 23.2 Å². The molecule has 2 aromatic heterocycles. The number of halogens is 2. The first-order chi connectivity index (χ1) is 14.6. The zero-order valence-corrected chi connectivity index (χ0v) is 16.6. The third kappa shape index (κ3) is 3.54. The zero-order valence-electron chi connectivity index (χ0n) is 15.8. The molecule has 0 spiro atoms. The van der Waals surface area contributed by atoms with E-state index in [-0.39, 0.29) is 24.0 Å². The summed E-state index contributed by atoms with van der Waals surface area (Å²) in [6.07, 6.45) is 6.91. The maximum absolute atomic E-state index is 14.3. The molecule has 1 amide bonds. The van der Waals surface area contributed by atoms with E-state index in [4.69, 9.17) is 16.3 Å². The molecule has 5 rings (SSSR count). The minimum absolute atomic E-state index is 0.151. The van der Waals surface area contributed by atoms with Gasteiger partial charge in [0.15, 0.2) is 24.1 Å². The normalized spacial score (nSPS) is 14.9. The van der Waals surface area contributed by atoms with Crippen molar-refractivity contribution in [1.82, 2.24) is 20.3 Å². The van der Waals surface area contributed by atoms with Gasteiger partial charge in [-0.15, -0.1) is 0 Å². The van der Waals surface area contributed by atoms with Crippen molar-refractivity contribution in [3.8, 4) is 17.1 Å². The largest absolute Gasteiger partial charge is 0.467 e. The van der Waals surface area contributed by atoms with Crippen LogP contribution in [0.4, 0.5) is 15.9 Å². The Bertz CT molecular complexity index is 1140. The number of carbonyl (C=O) groups excluding carboxylic acids is 1. The lowest BCUT2D eigenvalue weighted by atomic mass is 10.2. The van der Waals surface area contributed by atoms with Crippen molar-refractivity contribution >= 4 is 29.0 Å². The first kappa shape index (κ1) is 18.7. The average Bonchev–Trinajstić information content (AvgIpc) is 3.51. The zero-order chi connectivity index (χ0) is 20.7. The van der Waals surface area contributed by atoms with Gasteiger partial charge in [-0.2, -0.15) is 0 Å². The number of pyridine rings is 1. The highest BCUT2D eigenvalue weighted by Crippen LogP contribution is 2.39. The van der Waals surface area contributed by atoms with Crippen molar-refractivity contribution < 1.29 is 13.9 Å². The number of rotatable bonds is 5. The molecule has 1 aromatic carbocycles. The highest BCUT2D eigenvalue weighted by atomic mass is 35.5. The van der Waals surface area contributed by atoms with Crippen molar-refractivity contribution in [3.63, 3.8) is 0 Å². The third-order valence-electron chi connectivity index (χ3n) is 5.09. The van der Waals surface area contributed by atoms with Crippen molar-refractivity contribution in [1.29, 1.82) is 0 Å². The van der Waals surface area contributed by atoms with Crippen LogP contribution in [0.2, 0.25) is 5.02 Å². The van der Waals surface area contributed by atoms with Crippen molar-refractivity contribution in [3.05, 3.63) is 59.3 Å². The monoisotopic (exact) mass is 425 g/mol. The number of aromatic nitrogens is 3. The highest BCUT2D eigenvalue weighted by molar-refractivity contribution is 6.30. The number of anilines is 2. The molecule has 0 radical (unpaired) electrons. The van der Waals surface area contributed by atoms with E-state index in [9.17, 15) is 9.18 Å². The Balaban J connectivity index is 1.50. The van der Waals surface area contributed by atoms with E-state index in [0.717, 1.165) is 12.8 Å². The molecule has 152 valence electrons. The number of hydrogen-bond acceptors (Lipinski definition) is 6. The lowest BCUT2D eigenvalue weighted by Gasteiger charge is -2.19. The molecule has 9 heteroatoms. The molecule has 0 bridgehead atoms. The van der Waals surface area contributed by atoms with Crippen LogP contribution in [0.5, 0.6) is 5.75 Å². The molecule has 3 aromatic rings. The molecule has 1 aliphatic carbocycles. The summed E-state index contributed by atoms with van der Waals surface area (Å²) in [6, 6.07) is 5.94. The number of benzene rings is 1. The van der Waals surface area contributed by atoms with E-state index < -0.39 is 5.82 Å². The minimum Gasteiger partial charge on any atom is -0.467 e. The second-order valence-corrected chi connectivity index (χ2v) is 7.69. The Hall–Kier alpha value is -3.26. The van der Waals surface area contributed by atoms with E-state index in [1.807, 2.05) is 0 Å². The third-order valence-corrected chi connectivity index (χ3v) is 5.33. The smallest absolute Gasteiger partial charge is 0.254 e. The van der Waals surface area contributed by atoms with Crippen LogP contribution < -0.4 is 15.0 Å². The predicted molar refractivity (Wildman–Crippen MR) is 109 cm³/mol. The standard InChI is InChI=1S/C21H17ClFN5O2/c22-13-3-4-16(23)14(7-13)19-25-10-18-20(27-19)28(11-30-18)17-5-6-24-9-15(17)21(29)26-8-12-1-2-12/h3-7,9-10,12H,1-2,8,11H2,(H,26,29). The van der Waals surface area contributed by atoms with Crippen LogP contribution in [0.25, 0.3) is 11.4 Å². The van der Waals surface area contributed by atoms with Gasteiger partial charge in [-0.1, -0.05) is 11.6 Å². The molecule has 7 nitrogen and oxygen atoms in total. The number of hydrogen-bond donors (Lipinski definition) is 1. The average molecular weight is 426 g/mol. The Kier molecular flexibility index (Phi) is 4.71. The van der Waals surface area contributed by atoms with E-state index >= 15 is 0 Å². The molecular formula is C21H17ClFN5O2. The lowest BCUT2D eigenvalue weighted by molar-refractivity contribution is 0.0952. The topological polar surface area (TPSA) is 80.2 Å². The molecule has 0 atom stereocenters. The summed E-state index contributed by atoms with van der Waals surface area (Å²) < 4.78 is 20.0. The van der Waals surface area contributed by atoms with E-state index in [0.29, 0.717) is 40.3 Å². The molecule has 3 heterocycles. The Morgan fingerprint density at radius 2 is 2.17 bits per heavy atom. The highest BCUT2D eigenvalue weighted by Gasteiger charge is 2.29. The number of fused-ring (bicyclic) bond motifs is 1. The summed E-state index contributed by atoms with van der Waals surface area (Å²) in [5, 5.41) is 3.34. The molecule has 1 N–H and O–H groups in total. The molecule has 1 fully saturated rings. The quantitative estimate of drug-likeness (QED) is 0.666. The first-order valence-electron chi connectivity index (χ1n) is 9.55. The minimum atomic E-state index is -0.478. The molecule has 1 saturated carbocycles. The summed E-state index contributed by atoms with van der Waals surface area (Å²) in [6.45, 7) is 0.805. The van der Waals surface area contributed by atoms with Gasteiger partial charge < -0.3 is 10.1 Å². The fourth-order valence-electron chi connectivity index (χ4n) is 3.29. The van der Waals surface area contributed by atoms with Crippen LogP contribution in [0, 0.1) is 11.7 Å². The van der Waals surface area contributed by atoms with Gasteiger partial charge in [0.25, 0.3) is 5.91 Å². The Labute approximate surface area is 176 Å². The lowest BCUT2D eigenvalue weighted by Crippen LogP contribution is -2.28. The van der Waals surface area contributed by atoms with E-state index in [2.05, 4.69) is 20.3 Å². The molecular weight excluding hydrogens is 409 g/mol. The summed E-state index contributed by atoms with van der Waals surface area (Å²) in [7, 11) is 0. The summed E-state index contributed by atoms with van der Waals surface area (Å²) in [4.78, 5) is 27.3. The van der Waals surface area contributed by atoms with Crippen LogP contribution in [-0.4, -0.2) is 34.1 Å². The number of ether oxygens (including phenoxy) is 1. The number of nitrogens with zero attached hydrogens (tertiary/aromatic N) is 4. The SMILES string of the molecule is O=C(NCC1CC1)c1cnccc1N1COc2cnc(-c3cc(Cl)ccc3F)nc21. The van der Waals surface area contributed by atoms with Crippen LogP contribution in [0.3, 0.4) is 0 Å². The maximum Gasteiger partial charge on any atom is 0.254 e. The van der Waals surface area contributed by atoms with E-state index in [1.54, 1.807) is 17.2 Å². The predicted octanol–water partition coefficient (Wildman–Crippen LogP) is 3.96.